The number of hydrogen-bond donors (Lipinski definition) is 2. The van der Waals surface area contributed by atoms with E-state index in [0.29, 0.717) is 17.9 Å². The summed E-state index contributed by atoms with van der Waals surface area (Å²) in [5.41, 5.74) is 1.68. The molecule has 0 saturated heterocycles. The summed E-state index contributed by atoms with van der Waals surface area (Å²) in [6.07, 6.45) is 0. The van der Waals surface area contributed by atoms with Crippen molar-refractivity contribution >= 4 is 7.82 Å². The molecular weight excluding hydrogens is 279 g/mol. The van der Waals surface area contributed by atoms with Crippen molar-refractivity contribution in [1.29, 1.82) is 0 Å². The van der Waals surface area contributed by atoms with Crippen LogP contribution in [0.1, 0.15) is 11.1 Å². The molecule has 0 unspecified atom stereocenters. The molecule has 0 heterocycles. The Bertz CT molecular complexity index is 594. The summed E-state index contributed by atoms with van der Waals surface area (Å²) in [6.45, 7) is 0.274. The van der Waals surface area contributed by atoms with Gasteiger partial charge < -0.3 is 14.5 Å². The topological polar surface area (TPSA) is 76.0 Å². The van der Waals surface area contributed by atoms with Crippen LogP contribution in [-0.4, -0.2) is 9.79 Å². The number of hydrogen-bond acceptors (Lipinski definition) is 3. The van der Waals surface area contributed by atoms with Gasteiger partial charge in [-0.2, -0.15) is 0 Å². The third-order valence-corrected chi connectivity index (χ3v) is 3.01. The van der Waals surface area contributed by atoms with E-state index in [-0.39, 0.29) is 6.61 Å². The van der Waals surface area contributed by atoms with Gasteiger partial charge in [0.15, 0.2) is 0 Å². The van der Waals surface area contributed by atoms with Gasteiger partial charge in [-0.15, -0.1) is 0 Å². The van der Waals surface area contributed by atoms with Crippen molar-refractivity contribution in [3.63, 3.8) is 0 Å². The van der Waals surface area contributed by atoms with Crippen molar-refractivity contribution in [3.05, 3.63) is 65.7 Å². The molecule has 0 radical (unpaired) electrons. The lowest BCUT2D eigenvalue weighted by Gasteiger charge is -2.09. The van der Waals surface area contributed by atoms with Crippen LogP contribution in [0.2, 0.25) is 0 Å². The minimum atomic E-state index is -4.45. The molecule has 0 amide bonds. The van der Waals surface area contributed by atoms with E-state index in [9.17, 15) is 4.57 Å². The summed E-state index contributed by atoms with van der Waals surface area (Å²) in [5, 5.41) is 0. The van der Waals surface area contributed by atoms with Crippen molar-refractivity contribution in [3.8, 4) is 5.75 Å². The van der Waals surface area contributed by atoms with E-state index in [0.717, 1.165) is 5.56 Å². The van der Waals surface area contributed by atoms with Crippen LogP contribution in [0.3, 0.4) is 0 Å². The molecule has 5 nitrogen and oxygen atoms in total. The van der Waals surface area contributed by atoms with Crippen LogP contribution < -0.4 is 4.74 Å². The van der Waals surface area contributed by atoms with Gasteiger partial charge in [-0.25, -0.2) is 4.57 Å². The van der Waals surface area contributed by atoms with Gasteiger partial charge in [0.05, 0.1) is 6.61 Å². The Labute approximate surface area is 117 Å². The van der Waals surface area contributed by atoms with Crippen LogP contribution in [0.4, 0.5) is 0 Å². The second-order valence-electron chi connectivity index (χ2n) is 4.19. The van der Waals surface area contributed by atoms with Crippen LogP contribution in [0.25, 0.3) is 0 Å². The number of rotatable bonds is 6. The standard InChI is InChI=1S/C14H15O5P/c15-20(16,17)19-11-13-7-4-8-14(9-13)18-10-12-5-2-1-3-6-12/h1-9H,10-11H2,(H2,15,16,17). The predicted octanol–water partition coefficient (Wildman–Crippen LogP) is 2.87. The molecule has 0 aliphatic carbocycles. The lowest BCUT2D eigenvalue weighted by molar-refractivity contribution is 0.188. The lowest BCUT2D eigenvalue weighted by atomic mass is 10.2. The first kappa shape index (κ1) is 14.8. The quantitative estimate of drug-likeness (QED) is 0.801. The molecule has 0 aromatic heterocycles. The molecule has 0 atom stereocenters. The predicted molar refractivity (Wildman–Crippen MR) is 74.0 cm³/mol. The zero-order chi connectivity index (χ0) is 14.4. The van der Waals surface area contributed by atoms with Gasteiger partial charge in [0.1, 0.15) is 12.4 Å². The summed E-state index contributed by atoms with van der Waals surface area (Å²) >= 11 is 0. The maximum atomic E-state index is 10.6. The van der Waals surface area contributed by atoms with Crippen molar-refractivity contribution in [1.82, 2.24) is 0 Å². The average molecular weight is 294 g/mol. The summed E-state index contributed by atoms with van der Waals surface area (Å²) in [4.78, 5) is 17.3. The Morgan fingerprint density at radius 3 is 2.30 bits per heavy atom. The van der Waals surface area contributed by atoms with Crippen molar-refractivity contribution in [2.45, 2.75) is 13.2 Å². The highest BCUT2D eigenvalue weighted by Gasteiger charge is 2.13. The molecule has 106 valence electrons. The molecule has 20 heavy (non-hydrogen) atoms. The summed E-state index contributed by atoms with van der Waals surface area (Å²) in [6, 6.07) is 16.7. The third kappa shape index (κ3) is 5.15. The molecule has 2 aromatic rings. The highest BCUT2D eigenvalue weighted by molar-refractivity contribution is 7.46. The molecule has 0 fully saturated rings. The Balaban J connectivity index is 1.94. The maximum absolute atomic E-state index is 10.6. The number of phosphoric ester groups is 1. The van der Waals surface area contributed by atoms with E-state index >= 15 is 0 Å². The smallest absolute Gasteiger partial charge is 0.469 e. The van der Waals surface area contributed by atoms with E-state index in [4.69, 9.17) is 14.5 Å². The minimum absolute atomic E-state index is 0.160. The third-order valence-electron chi connectivity index (χ3n) is 2.55. The van der Waals surface area contributed by atoms with Gasteiger partial charge in [-0.3, -0.25) is 4.52 Å². The molecule has 0 aliphatic heterocycles. The Kier molecular flexibility index (Phi) is 4.93. The number of ether oxygens (including phenoxy) is 1. The summed E-state index contributed by atoms with van der Waals surface area (Å²) in [5.74, 6) is 0.626. The Hall–Kier alpha value is -1.65. The van der Waals surface area contributed by atoms with Crippen molar-refractivity contribution in [2.24, 2.45) is 0 Å². The van der Waals surface area contributed by atoms with E-state index in [2.05, 4.69) is 4.52 Å². The fourth-order valence-corrected chi connectivity index (χ4v) is 1.94. The van der Waals surface area contributed by atoms with Gasteiger partial charge in [0.2, 0.25) is 0 Å². The summed E-state index contributed by atoms with van der Waals surface area (Å²) < 4.78 is 20.7. The minimum Gasteiger partial charge on any atom is -0.489 e. The fourth-order valence-electron chi connectivity index (χ4n) is 1.62. The first-order valence-electron chi connectivity index (χ1n) is 5.99. The first-order chi connectivity index (χ1) is 9.53. The molecule has 2 rings (SSSR count). The molecular formula is C14H15O5P. The molecule has 6 heteroatoms. The molecule has 0 spiro atoms. The number of phosphoric acid groups is 1. The Morgan fingerprint density at radius 2 is 1.60 bits per heavy atom. The second-order valence-corrected chi connectivity index (χ2v) is 5.43. The largest absolute Gasteiger partial charge is 0.489 e. The molecule has 0 saturated carbocycles. The van der Waals surface area contributed by atoms with Gasteiger partial charge >= 0.3 is 7.82 Å². The second kappa shape index (κ2) is 6.68. The van der Waals surface area contributed by atoms with E-state index in [1.165, 1.54) is 0 Å². The van der Waals surface area contributed by atoms with E-state index in [1.54, 1.807) is 24.3 Å². The van der Waals surface area contributed by atoms with Gasteiger partial charge in [0, 0.05) is 0 Å². The van der Waals surface area contributed by atoms with E-state index in [1.807, 2.05) is 30.3 Å². The molecule has 0 aliphatic rings. The fraction of sp³-hybridized carbons (Fsp3) is 0.143. The van der Waals surface area contributed by atoms with Crippen LogP contribution in [0, 0.1) is 0 Å². The highest BCUT2D eigenvalue weighted by Crippen LogP contribution is 2.37. The van der Waals surface area contributed by atoms with Crippen LogP contribution in [0.5, 0.6) is 5.75 Å². The first-order valence-corrected chi connectivity index (χ1v) is 7.52. The molecule has 2 N–H and O–H groups in total. The SMILES string of the molecule is O=P(O)(O)OCc1cccc(OCc2ccccc2)c1. The van der Waals surface area contributed by atoms with Crippen LogP contribution in [-0.2, 0) is 22.3 Å². The highest BCUT2D eigenvalue weighted by atomic mass is 31.2. The normalized spacial score (nSPS) is 11.3. The van der Waals surface area contributed by atoms with Gasteiger partial charge in [0.25, 0.3) is 0 Å². The average Bonchev–Trinajstić information content (AvgIpc) is 2.44. The summed E-state index contributed by atoms with van der Waals surface area (Å²) in [7, 11) is -4.45. The van der Waals surface area contributed by atoms with Crippen molar-refractivity contribution < 1.29 is 23.6 Å². The zero-order valence-electron chi connectivity index (χ0n) is 10.7. The van der Waals surface area contributed by atoms with Gasteiger partial charge in [-0.05, 0) is 23.3 Å². The number of benzene rings is 2. The zero-order valence-corrected chi connectivity index (χ0v) is 11.6. The molecule has 0 bridgehead atoms. The lowest BCUT2D eigenvalue weighted by Crippen LogP contribution is -1.96. The van der Waals surface area contributed by atoms with Crippen LogP contribution >= 0.6 is 7.82 Å². The maximum Gasteiger partial charge on any atom is 0.469 e. The molecule has 2 aromatic carbocycles. The monoisotopic (exact) mass is 294 g/mol. The Morgan fingerprint density at radius 1 is 0.900 bits per heavy atom. The van der Waals surface area contributed by atoms with Gasteiger partial charge in [-0.1, -0.05) is 42.5 Å². The van der Waals surface area contributed by atoms with E-state index < -0.39 is 7.82 Å². The van der Waals surface area contributed by atoms with Crippen LogP contribution in [0.15, 0.2) is 54.6 Å². The van der Waals surface area contributed by atoms with Crippen molar-refractivity contribution in [2.75, 3.05) is 0 Å².